The molecule has 0 unspecified atom stereocenters. The van der Waals surface area contributed by atoms with Gasteiger partial charge in [-0.3, -0.25) is 4.79 Å². The number of hydrogen-bond acceptors (Lipinski definition) is 23. The lowest BCUT2D eigenvalue weighted by Gasteiger charge is -2.65. The van der Waals surface area contributed by atoms with Crippen molar-refractivity contribution in [2.45, 2.75) is 253 Å². The summed E-state index contributed by atoms with van der Waals surface area (Å²) >= 11 is 0. The first kappa shape index (κ1) is 60.0. The van der Waals surface area contributed by atoms with Gasteiger partial charge in [-0.25, -0.2) is 0 Å². The van der Waals surface area contributed by atoms with Crippen molar-refractivity contribution in [1.29, 1.82) is 0 Å². The van der Waals surface area contributed by atoms with Gasteiger partial charge in [-0.2, -0.15) is 0 Å². The summed E-state index contributed by atoms with van der Waals surface area (Å²) in [5.41, 5.74) is -4.96. The van der Waals surface area contributed by atoms with Gasteiger partial charge in [0, 0.05) is 12.5 Å². The average Bonchev–Trinajstić information content (AvgIpc) is 3.88. The molecule has 12 N–H and O–H groups in total. The van der Waals surface area contributed by atoms with Gasteiger partial charge < -0.3 is 109 Å². The van der Waals surface area contributed by atoms with E-state index in [9.17, 15) is 66.1 Å². The first-order chi connectivity index (χ1) is 36.1. The van der Waals surface area contributed by atoms with Crippen LogP contribution < -0.4 is 0 Å². The maximum atomic E-state index is 14.5. The highest BCUT2D eigenvalue weighted by Gasteiger charge is 2.85. The lowest BCUT2D eigenvalue weighted by molar-refractivity contribution is -0.389. The van der Waals surface area contributed by atoms with Crippen LogP contribution in [0.1, 0.15) is 113 Å². The van der Waals surface area contributed by atoms with Gasteiger partial charge in [0.15, 0.2) is 25.2 Å². The zero-order valence-corrected chi connectivity index (χ0v) is 45.8. The summed E-state index contributed by atoms with van der Waals surface area (Å²) in [6, 6.07) is 0. The molecule has 9 aliphatic rings. The fourth-order valence-corrected chi connectivity index (χ4v) is 16.2. The highest BCUT2D eigenvalue weighted by molar-refractivity contribution is 5.86. The second-order valence-corrected chi connectivity index (χ2v) is 25.5. The number of hydrogen-bond donors (Lipinski definition) is 12. The standard InChI is InChI=1S/C54H88O23/c1-23(2)11-10-15-52(8)53(67)18-17-51(7)25-12-13-30-49(4,5)32(14-16-50(30,6)26(25)19-31(58)54(51,53)48(66)77-52)73-47-43(33(59)27(57)22-69-47)76-44-37(63)36(62)40(24(3)70-44)74-46-39(65)42(35(61)29(21-56)72-46)75-45-38(64)41(68-9)34(60)28(20-55)71-45/h12,23-24,26-47,55-65,67H,10-11,13-22H2,1-9H3/t24-,26-,27-,28-,29-,30+,31+,32+,33+,34-,35-,36-,37-,38-,39-,40-,41+,42+,43-,44+,45+,46+,47+,50-,51+,52+,53+,54-/m1/s1. The molecule has 8 fully saturated rings. The van der Waals surface area contributed by atoms with Gasteiger partial charge in [-0.05, 0) is 93.8 Å². The SMILES string of the molecule is CO[C@@H]1[C@@H](O)[C@H](O[C@@H]2[C@@H](O)[C@H](O[C@H]3[C@H](O)[C@@H](O)[C@H](O[C@H]4[C@H](O[C@H]5CC[C@]6(C)[C@@H]7C[C@H](O)[C@]89C(=O)O[C@@](C)(CCCC(C)C)[C@@]8(O)CC[C@@]9(C)C7=CC[C@H]6C5(C)C)OC[C@@H](O)[C@@H]4O)O[C@@H]3C)O[C@H](CO)[C@H]2O)O[C@H](CO)[C@H]1O. The van der Waals surface area contributed by atoms with Gasteiger partial charge in [0.2, 0.25) is 0 Å². The van der Waals surface area contributed by atoms with Crippen molar-refractivity contribution < 1.29 is 113 Å². The molecule has 0 bridgehead atoms. The zero-order valence-electron chi connectivity index (χ0n) is 45.8. The molecule has 23 heteroatoms. The largest absolute Gasteiger partial charge is 0.456 e. The lowest BCUT2D eigenvalue weighted by atomic mass is 9.39. The molecule has 5 saturated heterocycles. The van der Waals surface area contributed by atoms with E-state index in [1.54, 1.807) is 0 Å². The fourth-order valence-electron chi connectivity index (χ4n) is 16.2. The lowest BCUT2D eigenvalue weighted by Crippen LogP contribution is -2.68. The molecule has 5 aliphatic heterocycles. The van der Waals surface area contributed by atoms with E-state index in [0.717, 1.165) is 18.4 Å². The highest BCUT2D eigenvalue weighted by atomic mass is 16.8. The Morgan fingerprint density at radius 2 is 1.30 bits per heavy atom. The second kappa shape index (κ2) is 21.8. The van der Waals surface area contributed by atoms with Crippen LogP contribution in [0.25, 0.3) is 0 Å². The summed E-state index contributed by atoms with van der Waals surface area (Å²) in [6.07, 6.45) is -24.3. The van der Waals surface area contributed by atoms with E-state index in [-0.39, 0.29) is 30.3 Å². The molecule has 0 aromatic carbocycles. The van der Waals surface area contributed by atoms with E-state index in [1.165, 1.54) is 14.0 Å². The van der Waals surface area contributed by atoms with Gasteiger partial charge in [-0.1, -0.05) is 59.6 Å². The Kier molecular flexibility index (Phi) is 17.0. The van der Waals surface area contributed by atoms with Crippen molar-refractivity contribution in [2.24, 2.45) is 39.4 Å². The maximum absolute atomic E-state index is 14.5. The van der Waals surface area contributed by atoms with Crippen LogP contribution in [0.5, 0.6) is 0 Å². The molecule has 9 rings (SSSR count). The number of rotatable bonds is 15. The third-order valence-corrected chi connectivity index (χ3v) is 20.6. The minimum absolute atomic E-state index is 0.0216. The summed E-state index contributed by atoms with van der Waals surface area (Å²) in [7, 11) is 1.20. The molecular formula is C54H88O23. The van der Waals surface area contributed by atoms with E-state index in [4.69, 9.17) is 47.4 Å². The van der Waals surface area contributed by atoms with Crippen LogP contribution in [0.3, 0.4) is 0 Å². The highest BCUT2D eigenvalue weighted by Crippen LogP contribution is 2.77. The Bertz CT molecular complexity index is 2120. The number of aliphatic hydroxyl groups excluding tert-OH is 11. The number of aliphatic hydroxyl groups is 12. The summed E-state index contributed by atoms with van der Waals surface area (Å²) < 4.78 is 59.6. The van der Waals surface area contributed by atoms with Crippen LogP contribution in [0, 0.1) is 39.4 Å². The molecule has 3 saturated carbocycles. The monoisotopic (exact) mass is 1100 g/mol. The van der Waals surface area contributed by atoms with E-state index >= 15 is 0 Å². The molecule has 0 radical (unpaired) electrons. The number of carbonyl (C=O) groups is 1. The van der Waals surface area contributed by atoms with Crippen molar-refractivity contribution >= 4 is 5.97 Å². The topological polar surface area (TPSA) is 352 Å². The Balaban J connectivity index is 0.880. The first-order valence-corrected chi connectivity index (χ1v) is 27.9. The molecule has 1 spiro atoms. The van der Waals surface area contributed by atoms with Crippen LogP contribution >= 0.6 is 0 Å². The fraction of sp³-hybridized carbons (Fsp3) is 0.944. The number of carbonyl (C=O) groups excluding carboxylic acids is 1. The Hall–Kier alpha value is -1.63. The van der Waals surface area contributed by atoms with Crippen LogP contribution in [0.4, 0.5) is 0 Å². The molecule has 442 valence electrons. The van der Waals surface area contributed by atoms with Gasteiger partial charge >= 0.3 is 5.97 Å². The molecule has 5 heterocycles. The Morgan fingerprint density at radius 1 is 0.701 bits per heavy atom. The van der Waals surface area contributed by atoms with Crippen molar-refractivity contribution in [3.8, 4) is 0 Å². The van der Waals surface area contributed by atoms with E-state index in [1.807, 2.05) is 13.8 Å². The second-order valence-electron chi connectivity index (χ2n) is 25.5. The summed E-state index contributed by atoms with van der Waals surface area (Å²) in [4.78, 5) is 14.5. The Morgan fingerprint density at radius 3 is 1.92 bits per heavy atom. The average molecular weight is 1110 g/mol. The number of cyclic esters (lactones) is 1. The van der Waals surface area contributed by atoms with Crippen LogP contribution in [0.15, 0.2) is 11.6 Å². The molecule has 0 amide bonds. The zero-order chi connectivity index (χ0) is 56.3. The maximum Gasteiger partial charge on any atom is 0.319 e. The van der Waals surface area contributed by atoms with E-state index in [2.05, 4.69) is 40.7 Å². The third kappa shape index (κ3) is 9.33. The number of fused-ring (bicyclic) bond motifs is 4. The smallest absolute Gasteiger partial charge is 0.319 e. The first-order valence-electron chi connectivity index (χ1n) is 27.9. The molecule has 0 aromatic heterocycles. The molecule has 28 atom stereocenters. The van der Waals surface area contributed by atoms with Gasteiger partial charge in [0.25, 0.3) is 0 Å². The summed E-state index contributed by atoms with van der Waals surface area (Å²) in [5.74, 6) is -0.225. The third-order valence-electron chi connectivity index (χ3n) is 20.6. The molecule has 77 heavy (non-hydrogen) atoms. The predicted octanol–water partition coefficient (Wildman–Crippen LogP) is -1.22. The predicted molar refractivity (Wildman–Crippen MR) is 263 cm³/mol. The number of methoxy groups -OCH3 is 1. The summed E-state index contributed by atoms with van der Waals surface area (Å²) in [6.45, 7) is 14.2. The molecule has 0 aromatic rings. The van der Waals surface area contributed by atoms with E-state index < -0.39 is 176 Å². The summed E-state index contributed by atoms with van der Waals surface area (Å²) in [5, 5.41) is 135. The molecule has 4 aliphatic carbocycles. The van der Waals surface area contributed by atoms with E-state index in [0.29, 0.717) is 44.4 Å². The van der Waals surface area contributed by atoms with Crippen LogP contribution in [-0.4, -0.2) is 234 Å². The van der Waals surface area contributed by atoms with Gasteiger partial charge in [0.1, 0.15) is 102 Å². The quantitative estimate of drug-likeness (QED) is 0.0675. The van der Waals surface area contributed by atoms with Crippen molar-refractivity contribution in [3.63, 3.8) is 0 Å². The van der Waals surface area contributed by atoms with Crippen LogP contribution in [-0.2, 0) is 52.2 Å². The van der Waals surface area contributed by atoms with Crippen molar-refractivity contribution in [2.75, 3.05) is 26.9 Å². The van der Waals surface area contributed by atoms with Crippen LogP contribution in [0.2, 0.25) is 0 Å². The number of esters is 1. The number of ether oxygens (including phenoxy) is 10. The minimum Gasteiger partial charge on any atom is -0.456 e. The number of allylic oxidation sites excluding steroid dienone is 2. The normalized spacial score (nSPS) is 53.5. The van der Waals surface area contributed by atoms with Gasteiger partial charge in [0.05, 0.1) is 38.1 Å². The molecule has 23 nitrogen and oxygen atoms in total. The van der Waals surface area contributed by atoms with Gasteiger partial charge in [-0.15, -0.1) is 0 Å². The molecular weight excluding hydrogens is 1020 g/mol. The van der Waals surface area contributed by atoms with Crippen molar-refractivity contribution in [3.05, 3.63) is 11.6 Å². The minimum atomic E-state index is -1.91. The Labute approximate surface area is 449 Å². The van der Waals surface area contributed by atoms with Crippen molar-refractivity contribution in [1.82, 2.24) is 0 Å².